The predicted octanol–water partition coefficient (Wildman–Crippen LogP) is 7.27. The molecule has 3 aromatic carbocycles. The van der Waals surface area contributed by atoms with Crippen LogP contribution < -0.4 is 20.9 Å². The van der Waals surface area contributed by atoms with Crippen molar-refractivity contribution in [1.82, 2.24) is 65.6 Å². The number of nitrogens with zero attached hydrogens (tertiary/aromatic N) is 9. The number of imidazole rings is 2. The molecular formula is C66H76N14O8. The molecule has 0 aliphatic carbocycles. The number of aryl methyl sites for hydroxylation is 2. The average Bonchev–Trinajstić information content (AvgIpc) is 3.85. The lowest BCUT2D eigenvalue weighted by Gasteiger charge is -2.34. The molecule has 458 valence electrons. The fourth-order valence-electron chi connectivity index (χ4n) is 10.1. The lowest BCUT2D eigenvalue weighted by molar-refractivity contribution is -0.121. The van der Waals surface area contributed by atoms with Crippen LogP contribution >= 0.6 is 0 Å². The molecule has 0 atom stereocenters. The van der Waals surface area contributed by atoms with E-state index in [-0.39, 0.29) is 42.9 Å². The van der Waals surface area contributed by atoms with Gasteiger partial charge in [-0.05, 0) is 124 Å². The average molecular weight is 1190 g/mol. The van der Waals surface area contributed by atoms with Gasteiger partial charge in [-0.2, -0.15) is 0 Å². The Balaban J connectivity index is 0.717. The van der Waals surface area contributed by atoms with E-state index < -0.39 is 0 Å². The molecule has 0 saturated carbocycles. The summed E-state index contributed by atoms with van der Waals surface area (Å²) in [5, 5.41) is 18.9. The number of anilines is 1. The van der Waals surface area contributed by atoms with Gasteiger partial charge in [0.2, 0.25) is 11.8 Å². The SMILES string of the molecule is Cc1cccc(-c2cccc(COCCOCCNC(=O)CCN(CCNC(=O)c3cc(N4CCN(C)CC4)cc4[nH]c(-c5ccc6nc(-c7ccc(O)cc7)[nH]c6c5)nc34)CCC(=O)NCCOCCOCc3cccc(-c4cccc(C)n4)n3)n2)n1. The minimum absolute atomic E-state index is 0.163. The Morgan fingerprint density at radius 3 is 1.66 bits per heavy atom. The van der Waals surface area contributed by atoms with Gasteiger partial charge in [0.15, 0.2) is 0 Å². The number of phenols is 1. The van der Waals surface area contributed by atoms with Gasteiger partial charge >= 0.3 is 0 Å². The smallest absolute Gasteiger partial charge is 0.253 e. The van der Waals surface area contributed by atoms with Gasteiger partial charge in [-0.1, -0.05) is 24.3 Å². The highest BCUT2D eigenvalue weighted by Gasteiger charge is 2.22. The molecule has 0 spiro atoms. The van der Waals surface area contributed by atoms with Crippen LogP contribution in [0.1, 0.15) is 46.0 Å². The van der Waals surface area contributed by atoms with Crippen LogP contribution in [0.15, 0.2) is 127 Å². The van der Waals surface area contributed by atoms with Gasteiger partial charge in [-0.3, -0.25) is 24.4 Å². The van der Waals surface area contributed by atoms with E-state index in [4.69, 9.17) is 38.9 Å². The topological polar surface area (TPSA) is 263 Å². The number of nitrogens with one attached hydrogen (secondary N) is 5. The summed E-state index contributed by atoms with van der Waals surface area (Å²) in [5.74, 6) is 0.814. The standard InChI is InChI=1S/C66H76N14O8/c1-45-8-4-12-54(70-45)56-14-6-10-49(72-56)43-87-38-36-85-34-25-67-61(82)22-27-79(28-23-62(83)68-26-35-86-37-39-88-44-50-11-7-15-57(73-50)55-13-5-9-46(2)71-55)29-24-69-66(84)53-41-51(80-32-30-78(3)31-33-80)42-60-63(53)77-65(76-60)48-18-21-58-59(40-48)75-64(74-58)47-16-19-52(81)20-17-47/h4-21,40-42,81H,22-39,43-44H2,1-3H3,(H,67,82)(H,68,83)(H,69,84)(H,74,75)(H,76,77). The van der Waals surface area contributed by atoms with Crippen molar-refractivity contribution in [2.45, 2.75) is 39.9 Å². The van der Waals surface area contributed by atoms with Crippen molar-refractivity contribution in [2.24, 2.45) is 0 Å². The first-order valence-electron chi connectivity index (χ1n) is 29.9. The number of hydrogen-bond donors (Lipinski definition) is 6. The van der Waals surface area contributed by atoms with E-state index in [2.05, 4.69) is 58.8 Å². The van der Waals surface area contributed by atoms with Gasteiger partial charge < -0.3 is 64.7 Å². The maximum atomic E-state index is 14.5. The van der Waals surface area contributed by atoms with Gasteiger partial charge in [0, 0.05) is 106 Å². The molecular weight excluding hydrogens is 1120 g/mol. The summed E-state index contributed by atoms with van der Waals surface area (Å²) >= 11 is 0. The Morgan fingerprint density at radius 2 is 1.07 bits per heavy atom. The molecule has 0 unspecified atom stereocenters. The summed E-state index contributed by atoms with van der Waals surface area (Å²) < 4.78 is 23.2. The van der Waals surface area contributed by atoms with Crippen LogP contribution in [0, 0.1) is 13.8 Å². The lowest BCUT2D eigenvalue weighted by atomic mass is 10.1. The van der Waals surface area contributed by atoms with E-state index in [1.807, 2.05) is 128 Å². The minimum atomic E-state index is -0.295. The molecule has 22 nitrogen and oxygen atoms in total. The number of benzene rings is 3. The molecule has 1 fully saturated rings. The second-order valence-corrected chi connectivity index (χ2v) is 21.6. The third kappa shape index (κ3) is 17.8. The first-order valence-corrected chi connectivity index (χ1v) is 29.9. The number of aromatic amines is 2. The Morgan fingerprint density at radius 1 is 0.534 bits per heavy atom. The lowest BCUT2D eigenvalue weighted by Crippen LogP contribution is -2.44. The summed E-state index contributed by atoms with van der Waals surface area (Å²) in [6.45, 7) is 11.8. The molecule has 1 aliphatic rings. The number of aromatic nitrogens is 8. The van der Waals surface area contributed by atoms with Crippen LogP contribution in [0.2, 0.25) is 0 Å². The zero-order valence-corrected chi connectivity index (χ0v) is 50.1. The number of aromatic hydroxyl groups is 1. The summed E-state index contributed by atoms with van der Waals surface area (Å²) in [7, 11) is 2.11. The third-order valence-corrected chi connectivity index (χ3v) is 14.9. The monoisotopic (exact) mass is 1190 g/mol. The van der Waals surface area contributed by atoms with Gasteiger partial charge in [-0.15, -0.1) is 0 Å². The van der Waals surface area contributed by atoms with Gasteiger partial charge in [0.05, 0.1) is 109 Å². The van der Waals surface area contributed by atoms with E-state index in [0.29, 0.717) is 108 Å². The number of piperazine rings is 1. The van der Waals surface area contributed by atoms with Crippen LogP contribution in [0.3, 0.4) is 0 Å². The molecule has 1 saturated heterocycles. The summed E-state index contributed by atoms with van der Waals surface area (Å²) in [5.41, 5.74) is 12.4. The number of fused-ring (bicyclic) bond motifs is 2. The van der Waals surface area contributed by atoms with Crippen LogP contribution in [0.4, 0.5) is 5.69 Å². The fourth-order valence-corrected chi connectivity index (χ4v) is 10.1. The molecule has 6 aromatic heterocycles. The van der Waals surface area contributed by atoms with Crippen molar-refractivity contribution in [3.05, 3.63) is 156 Å². The number of carbonyl (C=O) groups is 3. The van der Waals surface area contributed by atoms with Crippen molar-refractivity contribution in [1.29, 1.82) is 0 Å². The van der Waals surface area contributed by atoms with Crippen molar-refractivity contribution < 1.29 is 38.4 Å². The van der Waals surface area contributed by atoms with E-state index in [1.165, 1.54) is 0 Å². The van der Waals surface area contributed by atoms with E-state index in [1.54, 1.807) is 12.1 Å². The molecule has 0 bridgehead atoms. The third-order valence-electron chi connectivity index (χ3n) is 14.9. The molecule has 10 rings (SSSR count). The maximum absolute atomic E-state index is 14.5. The summed E-state index contributed by atoms with van der Waals surface area (Å²) in [6, 6.07) is 39.9. The Hall–Kier alpha value is -9.03. The molecule has 9 aromatic rings. The number of phenolic OH excluding ortho intramolecular Hbond substituents is 1. The number of rotatable bonds is 31. The molecule has 0 radical (unpaired) electrons. The highest BCUT2D eigenvalue weighted by molar-refractivity contribution is 6.07. The number of H-pyrrole nitrogens is 2. The Kier molecular flexibility index (Phi) is 21.9. The van der Waals surface area contributed by atoms with Crippen molar-refractivity contribution >= 4 is 45.5 Å². The molecule has 1 aliphatic heterocycles. The van der Waals surface area contributed by atoms with Crippen molar-refractivity contribution in [2.75, 3.05) is 117 Å². The Bertz CT molecular complexity index is 3650. The van der Waals surface area contributed by atoms with Gasteiger partial charge in [-0.25, -0.2) is 19.9 Å². The second-order valence-electron chi connectivity index (χ2n) is 21.6. The number of hydrogen-bond acceptors (Lipinski definition) is 17. The van der Waals surface area contributed by atoms with Crippen molar-refractivity contribution in [3.63, 3.8) is 0 Å². The molecule has 88 heavy (non-hydrogen) atoms. The van der Waals surface area contributed by atoms with E-state index in [0.717, 1.165) is 105 Å². The number of likely N-dealkylation sites (N-methyl/N-ethyl adjacent to an activating group) is 1. The molecule has 7 heterocycles. The number of carbonyl (C=O) groups excluding carboxylic acids is 3. The van der Waals surface area contributed by atoms with Crippen LogP contribution in [-0.4, -0.2) is 185 Å². The highest BCUT2D eigenvalue weighted by atomic mass is 16.5. The van der Waals surface area contributed by atoms with E-state index in [9.17, 15) is 19.5 Å². The fraction of sp³-hybridized carbons (Fsp3) is 0.348. The normalized spacial score (nSPS) is 12.8. The Labute approximate surface area is 511 Å². The van der Waals surface area contributed by atoms with Crippen LogP contribution in [-0.2, 0) is 41.8 Å². The first-order chi connectivity index (χ1) is 43.0. The predicted molar refractivity (Wildman–Crippen MR) is 337 cm³/mol. The zero-order chi connectivity index (χ0) is 61.0. The maximum Gasteiger partial charge on any atom is 0.253 e. The van der Waals surface area contributed by atoms with Crippen LogP contribution in [0.5, 0.6) is 5.75 Å². The quantitative estimate of drug-likeness (QED) is 0.0233. The van der Waals surface area contributed by atoms with Crippen LogP contribution in [0.25, 0.3) is 67.6 Å². The zero-order valence-electron chi connectivity index (χ0n) is 50.1. The van der Waals surface area contributed by atoms with Gasteiger partial charge in [0.25, 0.3) is 5.91 Å². The molecule has 3 amide bonds. The molecule has 6 N–H and O–H groups in total. The largest absolute Gasteiger partial charge is 0.508 e. The number of pyridine rings is 4. The summed E-state index contributed by atoms with van der Waals surface area (Å²) in [4.78, 5) is 82.7. The first kappa shape index (κ1) is 62.0. The van der Waals surface area contributed by atoms with Crippen molar-refractivity contribution in [3.8, 4) is 51.3 Å². The summed E-state index contributed by atoms with van der Waals surface area (Å²) in [6.07, 6.45) is 0.326. The number of amides is 3. The number of ether oxygens (including phenoxy) is 4. The van der Waals surface area contributed by atoms with Gasteiger partial charge in [0.1, 0.15) is 22.9 Å². The van der Waals surface area contributed by atoms with E-state index >= 15 is 0 Å². The molecule has 22 heteroatoms. The minimum Gasteiger partial charge on any atom is -0.508 e. The second kappa shape index (κ2) is 31.1. The highest BCUT2D eigenvalue weighted by Crippen LogP contribution is 2.31.